The molecule has 1 aliphatic heterocycles. The smallest absolute Gasteiger partial charge is 0.254 e. The standard InChI is InChI=1S/C17H22FNO4S/c1-3-13(11-18)12-23-15-4-5-16-14(10-15)6-7-19(17(16)20)8-9-24(2,21)22/h4-5,10-11H,3,6-9,12H2,1-2H3. The Balaban J connectivity index is 2.06. The monoisotopic (exact) mass is 355 g/mol. The Morgan fingerprint density at radius 2 is 2.17 bits per heavy atom. The van der Waals surface area contributed by atoms with Crippen LogP contribution in [0.15, 0.2) is 30.1 Å². The fourth-order valence-corrected chi connectivity index (χ4v) is 3.03. The van der Waals surface area contributed by atoms with Gasteiger partial charge in [0.25, 0.3) is 5.91 Å². The van der Waals surface area contributed by atoms with E-state index >= 15 is 0 Å². The van der Waals surface area contributed by atoms with Crippen LogP contribution in [-0.4, -0.2) is 50.9 Å². The van der Waals surface area contributed by atoms with Crippen molar-refractivity contribution in [3.05, 3.63) is 41.2 Å². The van der Waals surface area contributed by atoms with E-state index in [4.69, 9.17) is 4.74 Å². The van der Waals surface area contributed by atoms with Gasteiger partial charge in [0.05, 0.1) is 12.1 Å². The molecule has 0 spiro atoms. The van der Waals surface area contributed by atoms with Gasteiger partial charge in [-0.05, 0) is 42.2 Å². The molecule has 1 aliphatic rings. The summed E-state index contributed by atoms with van der Waals surface area (Å²) < 4.78 is 40.6. The second-order valence-corrected chi connectivity index (χ2v) is 8.16. The normalized spacial score (nSPS) is 15.4. The summed E-state index contributed by atoms with van der Waals surface area (Å²) >= 11 is 0. The molecule has 1 aromatic rings. The summed E-state index contributed by atoms with van der Waals surface area (Å²) in [5.41, 5.74) is 2.00. The van der Waals surface area contributed by atoms with E-state index in [1.165, 1.54) is 0 Å². The van der Waals surface area contributed by atoms with Crippen molar-refractivity contribution in [3.63, 3.8) is 0 Å². The fourth-order valence-electron chi connectivity index (χ4n) is 2.48. The van der Waals surface area contributed by atoms with Crippen LogP contribution in [-0.2, 0) is 16.3 Å². The first-order valence-corrected chi connectivity index (χ1v) is 9.91. The summed E-state index contributed by atoms with van der Waals surface area (Å²) in [4.78, 5) is 14.0. The predicted molar refractivity (Wildman–Crippen MR) is 90.7 cm³/mol. The lowest BCUT2D eigenvalue weighted by Crippen LogP contribution is -2.40. The zero-order chi connectivity index (χ0) is 17.7. The highest BCUT2D eigenvalue weighted by atomic mass is 32.2. The van der Waals surface area contributed by atoms with Crippen molar-refractivity contribution in [1.82, 2.24) is 4.90 Å². The molecule has 2 rings (SSSR count). The summed E-state index contributed by atoms with van der Waals surface area (Å²) in [6.07, 6.45) is 2.94. The Morgan fingerprint density at radius 3 is 2.79 bits per heavy atom. The molecule has 0 aromatic heterocycles. The summed E-state index contributed by atoms with van der Waals surface area (Å²) in [6, 6.07) is 5.17. The average Bonchev–Trinajstić information content (AvgIpc) is 2.54. The maximum atomic E-state index is 12.5. The van der Waals surface area contributed by atoms with Gasteiger partial charge in [0.2, 0.25) is 0 Å². The highest BCUT2D eigenvalue weighted by Gasteiger charge is 2.25. The number of amides is 1. The minimum absolute atomic E-state index is 0.0371. The van der Waals surface area contributed by atoms with Gasteiger partial charge in [0.1, 0.15) is 22.2 Å². The molecular formula is C17H22FNO4S. The quantitative estimate of drug-likeness (QED) is 0.753. The second-order valence-electron chi connectivity index (χ2n) is 5.90. The number of ether oxygens (including phenoxy) is 1. The first-order valence-electron chi connectivity index (χ1n) is 7.85. The Labute approximate surface area is 142 Å². The lowest BCUT2D eigenvalue weighted by atomic mass is 9.99. The van der Waals surface area contributed by atoms with Gasteiger partial charge in [-0.25, -0.2) is 12.8 Å². The number of benzene rings is 1. The van der Waals surface area contributed by atoms with Crippen LogP contribution < -0.4 is 4.74 Å². The number of carbonyl (C=O) groups is 1. The van der Waals surface area contributed by atoms with Crippen molar-refractivity contribution in [3.8, 4) is 5.75 Å². The van der Waals surface area contributed by atoms with Crippen molar-refractivity contribution in [2.24, 2.45) is 0 Å². The third kappa shape index (κ3) is 4.80. The van der Waals surface area contributed by atoms with E-state index in [0.717, 1.165) is 11.8 Å². The Bertz CT molecular complexity index is 743. The van der Waals surface area contributed by atoms with Crippen LogP contribution in [0.2, 0.25) is 0 Å². The highest BCUT2D eigenvalue weighted by Crippen LogP contribution is 2.24. The maximum absolute atomic E-state index is 12.5. The van der Waals surface area contributed by atoms with Gasteiger partial charge in [-0.3, -0.25) is 4.79 Å². The van der Waals surface area contributed by atoms with Crippen LogP contribution in [0.25, 0.3) is 0 Å². The number of fused-ring (bicyclic) bond motifs is 1. The molecular weight excluding hydrogens is 333 g/mol. The molecule has 0 atom stereocenters. The van der Waals surface area contributed by atoms with Crippen LogP contribution in [0.3, 0.4) is 0 Å². The molecule has 0 fully saturated rings. The molecule has 0 saturated heterocycles. The number of hydrogen-bond donors (Lipinski definition) is 0. The number of halogens is 1. The molecule has 0 radical (unpaired) electrons. The number of sulfone groups is 1. The van der Waals surface area contributed by atoms with Crippen LogP contribution >= 0.6 is 0 Å². The molecule has 0 saturated carbocycles. The molecule has 1 amide bonds. The van der Waals surface area contributed by atoms with Crippen molar-refractivity contribution in [2.45, 2.75) is 19.8 Å². The van der Waals surface area contributed by atoms with E-state index < -0.39 is 9.84 Å². The van der Waals surface area contributed by atoms with Crippen LogP contribution in [0.4, 0.5) is 4.39 Å². The van der Waals surface area contributed by atoms with Gasteiger partial charge >= 0.3 is 0 Å². The van der Waals surface area contributed by atoms with Crippen molar-refractivity contribution in [2.75, 3.05) is 31.7 Å². The van der Waals surface area contributed by atoms with Crippen molar-refractivity contribution in [1.29, 1.82) is 0 Å². The van der Waals surface area contributed by atoms with Crippen LogP contribution in [0, 0.1) is 0 Å². The van der Waals surface area contributed by atoms with Gasteiger partial charge < -0.3 is 9.64 Å². The predicted octanol–water partition coefficient (Wildman–Crippen LogP) is 2.37. The number of carbonyl (C=O) groups excluding carboxylic acids is 1. The molecule has 0 unspecified atom stereocenters. The van der Waals surface area contributed by atoms with E-state index in [0.29, 0.717) is 42.6 Å². The number of hydrogen-bond acceptors (Lipinski definition) is 4. The van der Waals surface area contributed by atoms with Crippen molar-refractivity contribution >= 4 is 15.7 Å². The summed E-state index contributed by atoms with van der Waals surface area (Å²) in [5.74, 6) is 0.397. The third-order valence-corrected chi connectivity index (χ3v) is 4.93. The molecule has 0 N–H and O–H groups in total. The van der Waals surface area contributed by atoms with E-state index in [2.05, 4.69) is 0 Å². The number of rotatable bonds is 7. The van der Waals surface area contributed by atoms with Gasteiger partial charge in [-0.15, -0.1) is 0 Å². The van der Waals surface area contributed by atoms with Gasteiger partial charge in [0, 0.05) is 24.9 Å². The summed E-state index contributed by atoms with van der Waals surface area (Å²) in [7, 11) is -3.10. The van der Waals surface area contributed by atoms with Gasteiger partial charge in [-0.2, -0.15) is 0 Å². The largest absolute Gasteiger partial charge is 0.489 e. The maximum Gasteiger partial charge on any atom is 0.254 e. The van der Waals surface area contributed by atoms with Crippen LogP contribution in [0.5, 0.6) is 5.75 Å². The van der Waals surface area contributed by atoms with E-state index in [9.17, 15) is 17.6 Å². The molecule has 1 aromatic carbocycles. The van der Waals surface area contributed by atoms with E-state index in [1.807, 2.05) is 6.92 Å². The Kier molecular flexibility index (Phi) is 5.99. The first kappa shape index (κ1) is 18.4. The average molecular weight is 355 g/mol. The second kappa shape index (κ2) is 7.79. The highest BCUT2D eigenvalue weighted by molar-refractivity contribution is 7.90. The van der Waals surface area contributed by atoms with E-state index in [-0.39, 0.29) is 24.8 Å². The first-order chi connectivity index (χ1) is 11.3. The third-order valence-electron chi connectivity index (χ3n) is 4.01. The fraction of sp³-hybridized carbons (Fsp3) is 0.471. The molecule has 0 aliphatic carbocycles. The molecule has 7 heteroatoms. The molecule has 5 nitrogen and oxygen atoms in total. The SMILES string of the molecule is CCC(=CF)COc1ccc2c(c1)CCN(CCS(C)(=O)=O)C2=O. The zero-order valence-electron chi connectivity index (χ0n) is 13.9. The lowest BCUT2D eigenvalue weighted by molar-refractivity contribution is 0.0750. The molecule has 1 heterocycles. The van der Waals surface area contributed by atoms with Gasteiger partial charge in [0.15, 0.2) is 0 Å². The van der Waals surface area contributed by atoms with Crippen molar-refractivity contribution < 1.29 is 22.3 Å². The number of nitrogens with zero attached hydrogens (tertiary/aromatic N) is 1. The summed E-state index contributed by atoms with van der Waals surface area (Å²) in [6.45, 7) is 2.72. The molecule has 24 heavy (non-hydrogen) atoms. The van der Waals surface area contributed by atoms with Gasteiger partial charge in [-0.1, -0.05) is 6.92 Å². The Hall–Kier alpha value is -1.89. The zero-order valence-corrected chi connectivity index (χ0v) is 14.7. The molecule has 0 bridgehead atoms. The Morgan fingerprint density at radius 1 is 1.42 bits per heavy atom. The minimum atomic E-state index is -3.10. The van der Waals surface area contributed by atoms with Crippen LogP contribution in [0.1, 0.15) is 29.3 Å². The minimum Gasteiger partial charge on any atom is -0.489 e. The van der Waals surface area contributed by atoms with E-state index in [1.54, 1.807) is 23.1 Å². The summed E-state index contributed by atoms with van der Waals surface area (Å²) in [5, 5.41) is 0. The lowest BCUT2D eigenvalue weighted by Gasteiger charge is -2.28. The molecule has 132 valence electrons. The topological polar surface area (TPSA) is 63.7 Å².